The molecule has 0 fully saturated rings. The third-order valence-electron chi connectivity index (χ3n) is 12.5. The Morgan fingerprint density at radius 1 is 0.262 bits per heavy atom. The van der Waals surface area contributed by atoms with Gasteiger partial charge in [-0.3, -0.25) is 4.90 Å². The van der Waals surface area contributed by atoms with Crippen molar-refractivity contribution < 1.29 is 13.3 Å². The maximum atomic E-state index is 6.82. The molecule has 9 aromatic carbocycles. The molecule has 4 aromatic heterocycles. The molecule has 0 spiro atoms. The molecule has 0 bridgehead atoms. The van der Waals surface area contributed by atoms with Gasteiger partial charge in [0, 0.05) is 85.5 Å². The van der Waals surface area contributed by atoms with Crippen LogP contribution in [0.15, 0.2) is 238 Å². The van der Waals surface area contributed by atoms with E-state index >= 15 is 0 Å². The predicted octanol–water partition coefficient (Wildman–Crippen LogP) is 17.1. The van der Waals surface area contributed by atoms with E-state index in [1.807, 2.05) is 54.7 Å². The van der Waals surface area contributed by atoms with Crippen molar-refractivity contribution in [1.82, 2.24) is 4.98 Å². The Morgan fingerprint density at radius 3 is 1.12 bits per heavy atom. The van der Waals surface area contributed by atoms with E-state index in [1.165, 1.54) is 5.56 Å². The zero-order valence-corrected chi connectivity index (χ0v) is 34.9. The summed E-state index contributed by atoms with van der Waals surface area (Å²) in [6.45, 7) is 0. The van der Waals surface area contributed by atoms with Crippen LogP contribution in [0.3, 0.4) is 0 Å². The Hall–Kier alpha value is -8.87. The lowest BCUT2D eigenvalue weighted by Crippen LogP contribution is -2.11. The van der Waals surface area contributed by atoms with Crippen molar-refractivity contribution >= 4 is 100 Å². The van der Waals surface area contributed by atoms with Crippen LogP contribution in [0.5, 0.6) is 0 Å². The second-order valence-electron chi connectivity index (χ2n) is 16.4. The highest BCUT2D eigenvalue weighted by molar-refractivity contribution is 6.09. The number of para-hydroxylation sites is 2. The first-order chi connectivity index (χ1) is 32.2. The van der Waals surface area contributed by atoms with E-state index in [2.05, 4.69) is 180 Å². The minimum atomic E-state index is 0.721. The van der Waals surface area contributed by atoms with Crippen molar-refractivity contribution in [2.75, 3.05) is 9.80 Å². The first-order valence-corrected chi connectivity index (χ1v) is 21.7. The fourth-order valence-corrected chi connectivity index (χ4v) is 9.35. The normalized spacial score (nSPS) is 11.7. The molecule has 13 rings (SSSR count). The SMILES string of the molecule is c1ccc(-c2ccc(N(c3ccc4c(c3)oc3ccccc34)c3ccc4c(c3)oc3cc(N(c5ccc(-c6ccccc6)cc5)c5ccc6c(c5)oc5ccccc56)ncc34)cc2)cc1. The van der Waals surface area contributed by atoms with Crippen LogP contribution in [-0.4, -0.2) is 4.98 Å². The Kier molecular flexibility index (Phi) is 8.42. The molecule has 0 unspecified atom stereocenters. The second-order valence-corrected chi connectivity index (χ2v) is 16.4. The molecule has 65 heavy (non-hydrogen) atoms. The summed E-state index contributed by atoms with van der Waals surface area (Å²) in [4.78, 5) is 9.55. The number of furan rings is 3. The van der Waals surface area contributed by atoms with E-state index < -0.39 is 0 Å². The maximum absolute atomic E-state index is 6.82. The van der Waals surface area contributed by atoms with Crippen LogP contribution in [0.2, 0.25) is 0 Å². The lowest BCUT2D eigenvalue weighted by Gasteiger charge is -2.25. The summed E-state index contributed by atoms with van der Waals surface area (Å²) in [7, 11) is 0. The van der Waals surface area contributed by atoms with E-state index in [4.69, 9.17) is 18.2 Å². The summed E-state index contributed by atoms with van der Waals surface area (Å²) in [6.07, 6.45) is 1.93. The number of hydrogen-bond acceptors (Lipinski definition) is 6. The van der Waals surface area contributed by atoms with E-state index in [0.29, 0.717) is 0 Å². The van der Waals surface area contributed by atoms with E-state index in [0.717, 1.165) is 117 Å². The van der Waals surface area contributed by atoms with Gasteiger partial charge in [-0.15, -0.1) is 0 Å². The number of benzene rings is 9. The van der Waals surface area contributed by atoms with E-state index in [9.17, 15) is 0 Å². The van der Waals surface area contributed by atoms with Crippen molar-refractivity contribution in [2.24, 2.45) is 0 Å². The van der Waals surface area contributed by atoms with Crippen LogP contribution in [0.1, 0.15) is 0 Å². The number of anilines is 6. The number of hydrogen-bond donors (Lipinski definition) is 0. The smallest absolute Gasteiger partial charge is 0.141 e. The lowest BCUT2D eigenvalue weighted by atomic mass is 10.0. The first kappa shape index (κ1) is 36.8. The zero-order chi connectivity index (χ0) is 42.8. The Balaban J connectivity index is 0.929. The standard InChI is InChI=1S/C59H37N3O3/c1-3-11-38(12-4-1)40-19-23-42(24-20-40)61(44-27-30-49-47-15-7-9-17-53(47)63-55(49)33-44)45-28-32-51-52-37-60-59(36-58(52)65-57(51)34-45)62(43-25-21-41(22-26-43)39-13-5-2-6-14-39)46-29-31-50-48-16-8-10-18-54(48)64-56(50)35-46/h1-37H. The summed E-state index contributed by atoms with van der Waals surface area (Å²) in [5.41, 5.74) is 14.3. The van der Waals surface area contributed by atoms with Gasteiger partial charge in [-0.2, -0.15) is 0 Å². The van der Waals surface area contributed by atoms with Crippen LogP contribution in [0.4, 0.5) is 34.3 Å². The number of nitrogens with zero attached hydrogens (tertiary/aromatic N) is 3. The van der Waals surface area contributed by atoms with Gasteiger partial charge < -0.3 is 18.2 Å². The maximum Gasteiger partial charge on any atom is 0.141 e. The Bertz CT molecular complexity index is 3630. The summed E-state index contributed by atoms with van der Waals surface area (Å²) in [6, 6.07) is 75.8. The minimum Gasteiger partial charge on any atom is -0.456 e. The first-order valence-electron chi connectivity index (χ1n) is 21.7. The largest absolute Gasteiger partial charge is 0.456 e. The molecule has 13 aromatic rings. The van der Waals surface area contributed by atoms with Crippen LogP contribution >= 0.6 is 0 Å². The summed E-state index contributed by atoms with van der Waals surface area (Å²) < 4.78 is 19.6. The third-order valence-corrected chi connectivity index (χ3v) is 12.5. The van der Waals surface area contributed by atoms with Crippen molar-refractivity contribution in [1.29, 1.82) is 0 Å². The molecule has 0 radical (unpaired) electrons. The molecule has 0 saturated heterocycles. The molecule has 0 saturated carbocycles. The molecule has 6 heteroatoms. The average Bonchev–Trinajstić information content (AvgIpc) is 4.05. The Morgan fingerprint density at radius 2 is 0.615 bits per heavy atom. The van der Waals surface area contributed by atoms with Gasteiger partial charge in [0.05, 0.1) is 5.69 Å². The molecule has 0 aliphatic heterocycles. The molecule has 0 atom stereocenters. The second kappa shape index (κ2) is 14.9. The Labute approximate surface area is 373 Å². The van der Waals surface area contributed by atoms with Crippen LogP contribution in [0, 0.1) is 0 Å². The third kappa shape index (κ3) is 6.30. The molecule has 4 heterocycles. The molecule has 0 aliphatic carbocycles. The molecular formula is C59H37N3O3. The molecule has 0 N–H and O–H groups in total. The predicted molar refractivity (Wildman–Crippen MR) is 266 cm³/mol. The highest BCUT2D eigenvalue weighted by Gasteiger charge is 2.21. The highest BCUT2D eigenvalue weighted by Crippen LogP contribution is 2.43. The summed E-state index contributed by atoms with van der Waals surface area (Å²) >= 11 is 0. The van der Waals surface area contributed by atoms with Gasteiger partial charge in [-0.25, -0.2) is 4.98 Å². The molecular weight excluding hydrogens is 799 g/mol. The monoisotopic (exact) mass is 835 g/mol. The summed E-state index contributed by atoms with van der Waals surface area (Å²) in [5.74, 6) is 0.721. The number of pyridine rings is 1. The molecule has 0 aliphatic rings. The van der Waals surface area contributed by atoms with Gasteiger partial charge in [0.2, 0.25) is 0 Å². The number of rotatable bonds is 8. The minimum absolute atomic E-state index is 0.721. The highest BCUT2D eigenvalue weighted by atomic mass is 16.3. The topological polar surface area (TPSA) is 58.8 Å². The van der Waals surface area contributed by atoms with Gasteiger partial charge >= 0.3 is 0 Å². The average molecular weight is 836 g/mol. The fourth-order valence-electron chi connectivity index (χ4n) is 9.35. The van der Waals surface area contributed by atoms with Crippen LogP contribution in [0.25, 0.3) is 88.1 Å². The van der Waals surface area contributed by atoms with Crippen LogP contribution in [-0.2, 0) is 0 Å². The van der Waals surface area contributed by atoms with E-state index in [1.54, 1.807) is 0 Å². The number of fused-ring (bicyclic) bond motifs is 9. The summed E-state index contributed by atoms with van der Waals surface area (Å²) in [5, 5.41) is 6.26. The van der Waals surface area contributed by atoms with Crippen molar-refractivity contribution in [2.45, 2.75) is 0 Å². The van der Waals surface area contributed by atoms with Crippen LogP contribution < -0.4 is 9.80 Å². The van der Waals surface area contributed by atoms with Gasteiger partial charge in [-0.05, 0) is 95.1 Å². The van der Waals surface area contributed by atoms with E-state index in [-0.39, 0.29) is 0 Å². The van der Waals surface area contributed by atoms with Gasteiger partial charge in [0.25, 0.3) is 0 Å². The van der Waals surface area contributed by atoms with Crippen molar-refractivity contribution in [3.05, 3.63) is 225 Å². The van der Waals surface area contributed by atoms with Gasteiger partial charge in [0.15, 0.2) is 0 Å². The lowest BCUT2D eigenvalue weighted by molar-refractivity contribution is 0.668. The fraction of sp³-hybridized carbons (Fsp3) is 0. The molecule has 6 nitrogen and oxygen atoms in total. The molecule has 0 amide bonds. The number of aromatic nitrogens is 1. The molecule has 306 valence electrons. The van der Waals surface area contributed by atoms with Gasteiger partial charge in [-0.1, -0.05) is 121 Å². The zero-order valence-electron chi connectivity index (χ0n) is 34.9. The quantitative estimate of drug-likeness (QED) is 0.152. The van der Waals surface area contributed by atoms with Gasteiger partial charge in [0.1, 0.15) is 39.3 Å². The van der Waals surface area contributed by atoms with Crippen molar-refractivity contribution in [3.8, 4) is 22.3 Å². The van der Waals surface area contributed by atoms with Crippen molar-refractivity contribution in [3.63, 3.8) is 0 Å².